The van der Waals surface area contributed by atoms with Crippen LogP contribution in [0.15, 0.2) is 16.6 Å². The number of ether oxygens (including phenoxy) is 1. The minimum Gasteiger partial charge on any atom is -0.492 e. The minimum absolute atomic E-state index is 0.587. The standard InChI is InChI=1S/C16H24BrCl2NO/c1-12(2)11-20-7-5-3-4-6-8-21-16-10-14(18)13(17)9-15(16)19/h9-10,12,20H,3-8,11H2,1-2H3. The summed E-state index contributed by atoms with van der Waals surface area (Å²) in [5.41, 5.74) is 0. The molecule has 0 aliphatic carbocycles. The third kappa shape index (κ3) is 8.29. The van der Waals surface area contributed by atoms with Gasteiger partial charge in [-0.25, -0.2) is 0 Å². The molecule has 1 rings (SSSR count). The molecule has 21 heavy (non-hydrogen) atoms. The molecule has 0 aliphatic heterocycles. The number of hydrogen-bond donors (Lipinski definition) is 1. The lowest BCUT2D eigenvalue weighted by atomic mass is 10.2. The summed E-state index contributed by atoms with van der Waals surface area (Å²) in [7, 11) is 0. The summed E-state index contributed by atoms with van der Waals surface area (Å²) in [6.45, 7) is 7.34. The first-order chi connectivity index (χ1) is 10.0. The zero-order valence-corrected chi connectivity index (χ0v) is 15.8. The largest absolute Gasteiger partial charge is 0.492 e. The second-order valence-corrected chi connectivity index (χ2v) is 7.23. The van der Waals surface area contributed by atoms with Crippen molar-refractivity contribution in [2.45, 2.75) is 39.5 Å². The predicted octanol–water partition coefficient (Wildman–Crippen LogP) is 5.94. The lowest BCUT2D eigenvalue weighted by molar-refractivity contribution is 0.304. The van der Waals surface area contributed by atoms with E-state index < -0.39 is 0 Å². The van der Waals surface area contributed by atoms with Crippen LogP contribution in [0.25, 0.3) is 0 Å². The lowest BCUT2D eigenvalue weighted by Gasteiger charge is -2.10. The molecule has 1 N–H and O–H groups in total. The summed E-state index contributed by atoms with van der Waals surface area (Å²) < 4.78 is 6.47. The zero-order chi connectivity index (χ0) is 15.7. The summed E-state index contributed by atoms with van der Waals surface area (Å²) in [4.78, 5) is 0. The molecule has 2 nitrogen and oxygen atoms in total. The van der Waals surface area contributed by atoms with Crippen molar-refractivity contribution in [1.82, 2.24) is 5.32 Å². The number of halogens is 3. The maximum atomic E-state index is 6.10. The Hall–Kier alpha value is 0.0400. The molecule has 0 spiro atoms. The highest BCUT2D eigenvalue weighted by Gasteiger charge is 2.06. The first-order valence-corrected chi connectivity index (χ1v) is 9.03. The summed E-state index contributed by atoms with van der Waals surface area (Å²) in [6, 6.07) is 3.52. The van der Waals surface area contributed by atoms with Crippen LogP contribution >= 0.6 is 39.1 Å². The summed E-state index contributed by atoms with van der Waals surface area (Å²) in [6.07, 6.45) is 4.65. The van der Waals surface area contributed by atoms with E-state index in [9.17, 15) is 0 Å². The molecule has 0 amide bonds. The van der Waals surface area contributed by atoms with E-state index in [2.05, 4.69) is 35.1 Å². The number of rotatable bonds is 10. The Morgan fingerprint density at radius 2 is 1.81 bits per heavy atom. The quantitative estimate of drug-likeness (QED) is 0.390. The van der Waals surface area contributed by atoms with Gasteiger partial charge in [0, 0.05) is 10.5 Å². The molecule has 0 heterocycles. The smallest absolute Gasteiger partial charge is 0.139 e. The highest BCUT2D eigenvalue weighted by molar-refractivity contribution is 9.10. The van der Waals surface area contributed by atoms with Crippen LogP contribution in [0.1, 0.15) is 39.5 Å². The average molecular weight is 397 g/mol. The Morgan fingerprint density at radius 1 is 1.10 bits per heavy atom. The third-order valence-electron chi connectivity index (χ3n) is 3.03. The molecule has 5 heteroatoms. The van der Waals surface area contributed by atoms with E-state index in [1.165, 1.54) is 19.3 Å². The molecule has 0 unspecified atom stereocenters. The van der Waals surface area contributed by atoms with E-state index in [4.69, 9.17) is 27.9 Å². The first-order valence-electron chi connectivity index (χ1n) is 7.48. The van der Waals surface area contributed by atoms with Gasteiger partial charge in [-0.1, -0.05) is 49.9 Å². The van der Waals surface area contributed by atoms with Gasteiger partial charge < -0.3 is 10.1 Å². The highest BCUT2D eigenvalue weighted by Crippen LogP contribution is 2.34. The van der Waals surface area contributed by atoms with Crippen molar-refractivity contribution < 1.29 is 4.74 Å². The minimum atomic E-state index is 0.587. The second-order valence-electron chi connectivity index (χ2n) is 5.56. The molecule has 0 atom stereocenters. The molecule has 0 aromatic heterocycles. The van der Waals surface area contributed by atoms with Crippen LogP contribution in [0.4, 0.5) is 0 Å². The fraction of sp³-hybridized carbons (Fsp3) is 0.625. The molecule has 0 saturated carbocycles. The molecular formula is C16H24BrCl2NO. The van der Waals surface area contributed by atoms with Crippen LogP contribution in [0.3, 0.4) is 0 Å². The van der Waals surface area contributed by atoms with E-state index in [1.54, 1.807) is 12.1 Å². The fourth-order valence-corrected chi connectivity index (χ4v) is 2.74. The SMILES string of the molecule is CC(C)CNCCCCCCOc1cc(Cl)c(Br)cc1Cl. The van der Waals surface area contributed by atoms with Gasteiger partial charge in [0.2, 0.25) is 0 Å². The van der Waals surface area contributed by atoms with Crippen LogP contribution in [0, 0.1) is 5.92 Å². The monoisotopic (exact) mass is 395 g/mol. The van der Waals surface area contributed by atoms with Crippen LogP contribution in [-0.2, 0) is 0 Å². The van der Waals surface area contributed by atoms with E-state index >= 15 is 0 Å². The van der Waals surface area contributed by atoms with E-state index in [0.29, 0.717) is 22.4 Å². The maximum Gasteiger partial charge on any atom is 0.139 e. The van der Waals surface area contributed by atoms with Crippen molar-refractivity contribution in [3.63, 3.8) is 0 Å². The summed E-state index contributed by atoms with van der Waals surface area (Å²) in [5.74, 6) is 1.38. The third-order valence-corrected chi connectivity index (χ3v) is 4.53. The van der Waals surface area contributed by atoms with Gasteiger partial charge in [-0.05, 0) is 53.8 Å². The molecule has 120 valence electrons. The van der Waals surface area contributed by atoms with Gasteiger partial charge in [0.15, 0.2) is 0 Å². The average Bonchev–Trinajstić information content (AvgIpc) is 2.42. The first kappa shape index (κ1) is 19.1. The Morgan fingerprint density at radius 3 is 2.52 bits per heavy atom. The van der Waals surface area contributed by atoms with Crippen molar-refractivity contribution in [3.8, 4) is 5.75 Å². The van der Waals surface area contributed by atoms with Crippen LogP contribution in [0.2, 0.25) is 10.0 Å². The van der Waals surface area contributed by atoms with E-state index in [1.807, 2.05) is 0 Å². The normalized spacial score (nSPS) is 11.1. The Bertz CT molecular complexity index is 427. The number of nitrogens with one attached hydrogen (secondary N) is 1. The zero-order valence-electron chi connectivity index (χ0n) is 12.7. The second kappa shape index (κ2) is 10.7. The van der Waals surface area contributed by atoms with Gasteiger partial charge in [-0.2, -0.15) is 0 Å². The Labute approximate surface area is 146 Å². The summed E-state index contributed by atoms with van der Waals surface area (Å²) >= 11 is 15.5. The van der Waals surface area contributed by atoms with Crippen molar-refractivity contribution in [1.29, 1.82) is 0 Å². The van der Waals surface area contributed by atoms with Gasteiger partial charge in [0.05, 0.1) is 16.7 Å². The van der Waals surface area contributed by atoms with Gasteiger partial charge in [0.25, 0.3) is 0 Å². The molecular weight excluding hydrogens is 373 g/mol. The molecule has 1 aromatic rings. The van der Waals surface area contributed by atoms with Crippen LogP contribution < -0.4 is 10.1 Å². The van der Waals surface area contributed by atoms with Crippen LogP contribution in [-0.4, -0.2) is 19.7 Å². The van der Waals surface area contributed by atoms with Crippen molar-refractivity contribution in [2.24, 2.45) is 5.92 Å². The van der Waals surface area contributed by atoms with Crippen molar-refractivity contribution in [3.05, 3.63) is 26.7 Å². The van der Waals surface area contributed by atoms with Crippen molar-refractivity contribution >= 4 is 39.1 Å². The molecule has 1 aromatic carbocycles. The fourth-order valence-electron chi connectivity index (χ4n) is 1.89. The molecule has 0 saturated heterocycles. The summed E-state index contributed by atoms with van der Waals surface area (Å²) in [5, 5.41) is 4.66. The Balaban J connectivity index is 2.08. The van der Waals surface area contributed by atoms with Crippen LogP contribution in [0.5, 0.6) is 5.75 Å². The van der Waals surface area contributed by atoms with Crippen molar-refractivity contribution in [2.75, 3.05) is 19.7 Å². The molecule has 0 bridgehead atoms. The van der Waals surface area contributed by atoms with Gasteiger partial charge in [-0.3, -0.25) is 0 Å². The maximum absolute atomic E-state index is 6.10. The highest BCUT2D eigenvalue weighted by atomic mass is 79.9. The van der Waals surface area contributed by atoms with E-state index in [0.717, 1.165) is 29.9 Å². The van der Waals surface area contributed by atoms with E-state index in [-0.39, 0.29) is 0 Å². The predicted molar refractivity (Wildman–Crippen MR) is 95.8 cm³/mol. The number of benzene rings is 1. The Kier molecular flexibility index (Phi) is 9.74. The number of hydrogen-bond acceptors (Lipinski definition) is 2. The van der Waals surface area contributed by atoms with Gasteiger partial charge in [-0.15, -0.1) is 0 Å². The van der Waals surface area contributed by atoms with Gasteiger partial charge in [0.1, 0.15) is 5.75 Å². The van der Waals surface area contributed by atoms with Gasteiger partial charge >= 0.3 is 0 Å². The molecule has 0 aliphatic rings. The lowest BCUT2D eigenvalue weighted by Crippen LogP contribution is -2.20. The molecule has 0 fully saturated rings. The topological polar surface area (TPSA) is 21.3 Å². The molecule has 0 radical (unpaired) electrons. The number of unbranched alkanes of at least 4 members (excludes halogenated alkanes) is 3.